The van der Waals surface area contributed by atoms with Gasteiger partial charge in [-0.15, -0.1) is 0 Å². The summed E-state index contributed by atoms with van der Waals surface area (Å²) >= 11 is 0. The van der Waals surface area contributed by atoms with Crippen molar-refractivity contribution >= 4 is 5.91 Å². The van der Waals surface area contributed by atoms with Gasteiger partial charge in [0.1, 0.15) is 0 Å². The maximum Gasteiger partial charge on any atom is 0.216 e. The molecule has 0 bridgehead atoms. The predicted octanol–water partition coefficient (Wildman–Crippen LogP) is 2.73. The van der Waals surface area contributed by atoms with Crippen molar-refractivity contribution in [3.63, 3.8) is 0 Å². The fourth-order valence-electron chi connectivity index (χ4n) is 1.50. The van der Waals surface area contributed by atoms with Crippen LogP contribution >= 0.6 is 0 Å². The molecule has 0 rings (SSSR count). The van der Waals surface area contributed by atoms with Crippen molar-refractivity contribution < 1.29 is 4.79 Å². The standard InChI is InChI=1S/C11H23NO/c1-4-6-7-11(5-2)8-9-12-10(3)13/h11H,4-9H2,1-3H3,(H,12,13). The van der Waals surface area contributed by atoms with Gasteiger partial charge in [0.05, 0.1) is 0 Å². The lowest BCUT2D eigenvalue weighted by Crippen LogP contribution is -2.22. The van der Waals surface area contributed by atoms with Gasteiger partial charge in [-0.25, -0.2) is 0 Å². The maximum absolute atomic E-state index is 10.6. The van der Waals surface area contributed by atoms with Crippen LogP contribution in [0, 0.1) is 5.92 Å². The van der Waals surface area contributed by atoms with E-state index in [1.807, 2.05) is 0 Å². The highest BCUT2D eigenvalue weighted by molar-refractivity contribution is 5.72. The van der Waals surface area contributed by atoms with Crippen molar-refractivity contribution in [1.29, 1.82) is 0 Å². The molecule has 0 aliphatic heterocycles. The normalized spacial score (nSPS) is 12.5. The van der Waals surface area contributed by atoms with E-state index in [0.29, 0.717) is 0 Å². The van der Waals surface area contributed by atoms with Crippen LogP contribution in [-0.4, -0.2) is 12.5 Å². The van der Waals surface area contributed by atoms with Crippen molar-refractivity contribution in [3.8, 4) is 0 Å². The molecule has 0 heterocycles. The number of hydrogen-bond acceptors (Lipinski definition) is 1. The van der Waals surface area contributed by atoms with E-state index < -0.39 is 0 Å². The van der Waals surface area contributed by atoms with Gasteiger partial charge >= 0.3 is 0 Å². The Morgan fingerprint density at radius 1 is 1.31 bits per heavy atom. The van der Waals surface area contributed by atoms with Gasteiger partial charge in [-0.3, -0.25) is 4.79 Å². The van der Waals surface area contributed by atoms with Crippen LogP contribution in [0.5, 0.6) is 0 Å². The second-order valence-corrected chi connectivity index (χ2v) is 3.69. The third-order valence-electron chi connectivity index (χ3n) is 2.47. The number of amides is 1. The molecule has 78 valence electrons. The molecule has 0 fully saturated rings. The molecule has 2 heteroatoms. The van der Waals surface area contributed by atoms with Crippen LogP contribution in [0.15, 0.2) is 0 Å². The molecule has 0 aliphatic carbocycles. The van der Waals surface area contributed by atoms with E-state index in [1.54, 1.807) is 6.92 Å². The fraction of sp³-hybridized carbons (Fsp3) is 0.909. The molecule has 13 heavy (non-hydrogen) atoms. The summed E-state index contributed by atoms with van der Waals surface area (Å²) in [5.74, 6) is 0.886. The first-order valence-corrected chi connectivity index (χ1v) is 5.45. The van der Waals surface area contributed by atoms with Crippen molar-refractivity contribution in [2.45, 2.75) is 52.9 Å². The average Bonchev–Trinajstić information content (AvgIpc) is 2.10. The van der Waals surface area contributed by atoms with Gasteiger partial charge in [-0.2, -0.15) is 0 Å². The molecule has 0 aromatic rings. The van der Waals surface area contributed by atoms with Crippen LogP contribution in [-0.2, 0) is 4.79 Å². The van der Waals surface area contributed by atoms with Crippen molar-refractivity contribution in [2.24, 2.45) is 5.92 Å². The Balaban J connectivity index is 3.41. The number of carbonyl (C=O) groups is 1. The Morgan fingerprint density at radius 3 is 2.46 bits per heavy atom. The first kappa shape index (κ1) is 12.5. The van der Waals surface area contributed by atoms with Crippen LogP contribution < -0.4 is 5.32 Å². The Morgan fingerprint density at radius 2 is 2.00 bits per heavy atom. The zero-order valence-electron chi connectivity index (χ0n) is 9.23. The summed E-state index contributed by atoms with van der Waals surface area (Å²) < 4.78 is 0. The summed E-state index contributed by atoms with van der Waals surface area (Å²) in [5.41, 5.74) is 0. The Labute approximate surface area is 82.1 Å². The quantitative estimate of drug-likeness (QED) is 0.649. The number of nitrogens with one attached hydrogen (secondary N) is 1. The number of carbonyl (C=O) groups excluding carboxylic acids is 1. The zero-order valence-corrected chi connectivity index (χ0v) is 9.23. The van der Waals surface area contributed by atoms with Gasteiger partial charge in [0.2, 0.25) is 5.91 Å². The van der Waals surface area contributed by atoms with E-state index in [0.717, 1.165) is 18.9 Å². The average molecular weight is 185 g/mol. The third kappa shape index (κ3) is 7.82. The van der Waals surface area contributed by atoms with Gasteiger partial charge in [-0.1, -0.05) is 39.5 Å². The van der Waals surface area contributed by atoms with Gasteiger partial charge in [0, 0.05) is 13.5 Å². The number of rotatable bonds is 7. The van der Waals surface area contributed by atoms with Gasteiger partial charge in [-0.05, 0) is 12.3 Å². The summed E-state index contributed by atoms with van der Waals surface area (Å²) in [5, 5.41) is 2.85. The molecule has 0 spiro atoms. The molecule has 1 N–H and O–H groups in total. The fourth-order valence-corrected chi connectivity index (χ4v) is 1.50. The van der Waals surface area contributed by atoms with Crippen LogP contribution in [0.25, 0.3) is 0 Å². The number of unbranched alkanes of at least 4 members (excludes halogenated alkanes) is 1. The zero-order chi connectivity index (χ0) is 10.1. The molecule has 1 unspecified atom stereocenters. The van der Waals surface area contributed by atoms with Crippen molar-refractivity contribution in [1.82, 2.24) is 5.32 Å². The second-order valence-electron chi connectivity index (χ2n) is 3.69. The molecular formula is C11H23NO. The summed E-state index contributed by atoms with van der Waals surface area (Å²) in [7, 11) is 0. The monoisotopic (exact) mass is 185 g/mol. The van der Waals surface area contributed by atoms with E-state index in [1.165, 1.54) is 25.7 Å². The Kier molecular flexibility index (Phi) is 7.76. The molecule has 1 amide bonds. The smallest absolute Gasteiger partial charge is 0.216 e. The van der Waals surface area contributed by atoms with Gasteiger partial charge in [0.25, 0.3) is 0 Å². The van der Waals surface area contributed by atoms with E-state index in [-0.39, 0.29) is 5.91 Å². The highest BCUT2D eigenvalue weighted by Crippen LogP contribution is 2.15. The van der Waals surface area contributed by atoms with Gasteiger partial charge in [0.15, 0.2) is 0 Å². The summed E-state index contributed by atoms with van der Waals surface area (Å²) in [4.78, 5) is 10.6. The minimum absolute atomic E-state index is 0.0883. The molecule has 0 radical (unpaired) electrons. The number of hydrogen-bond donors (Lipinski definition) is 1. The van der Waals surface area contributed by atoms with Gasteiger partial charge < -0.3 is 5.32 Å². The van der Waals surface area contributed by atoms with Crippen LogP contribution in [0.1, 0.15) is 52.9 Å². The summed E-state index contributed by atoms with van der Waals surface area (Å²) in [6.07, 6.45) is 6.28. The molecular weight excluding hydrogens is 162 g/mol. The van der Waals surface area contributed by atoms with E-state index >= 15 is 0 Å². The second kappa shape index (κ2) is 8.09. The first-order chi connectivity index (χ1) is 6.20. The molecule has 2 nitrogen and oxygen atoms in total. The largest absolute Gasteiger partial charge is 0.356 e. The van der Waals surface area contributed by atoms with Crippen LogP contribution in [0.2, 0.25) is 0 Å². The lowest BCUT2D eigenvalue weighted by atomic mass is 9.96. The molecule has 0 saturated carbocycles. The molecule has 0 aromatic heterocycles. The minimum Gasteiger partial charge on any atom is -0.356 e. The third-order valence-corrected chi connectivity index (χ3v) is 2.47. The highest BCUT2D eigenvalue weighted by atomic mass is 16.1. The molecule has 0 aromatic carbocycles. The van der Waals surface area contributed by atoms with E-state index in [2.05, 4.69) is 19.2 Å². The lowest BCUT2D eigenvalue weighted by Gasteiger charge is -2.13. The molecule has 0 saturated heterocycles. The van der Waals surface area contributed by atoms with E-state index in [9.17, 15) is 4.79 Å². The van der Waals surface area contributed by atoms with Crippen molar-refractivity contribution in [3.05, 3.63) is 0 Å². The van der Waals surface area contributed by atoms with Crippen LogP contribution in [0.3, 0.4) is 0 Å². The lowest BCUT2D eigenvalue weighted by molar-refractivity contribution is -0.119. The SMILES string of the molecule is CCCCC(CC)CCNC(C)=O. The predicted molar refractivity (Wildman–Crippen MR) is 56.6 cm³/mol. The van der Waals surface area contributed by atoms with E-state index in [4.69, 9.17) is 0 Å². The molecule has 1 atom stereocenters. The van der Waals surface area contributed by atoms with Crippen molar-refractivity contribution in [2.75, 3.05) is 6.54 Å². The highest BCUT2D eigenvalue weighted by Gasteiger charge is 2.05. The summed E-state index contributed by atoms with van der Waals surface area (Å²) in [6, 6.07) is 0. The minimum atomic E-state index is 0.0883. The summed E-state index contributed by atoms with van der Waals surface area (Å²) in [6.45, 7) is 6.87. The Hall–Kier alpha value is -0.530. The maximum atomic E-state index is 10.6. The van der Waals surface area contributed by atoms with Crippen LogP contribution in [0.4, 0.5) is 0 Å². The topological polar surface area (TPSA) is 29.1 Å². The molecule has 0 aliphatic rings. The Bertz CT molecular complexity index is 134. The first-order valence-electron chi connectivity index (χ1n) is 5.45.